The van der Waals surface area contributed by atoms with Gasteiger partial charge in [0.2, 0.25) is 5.91 Å². The number of amides is 1. The number of nitrogens with zero attached hydrogens (tertiary/aromatic N) is 5. The van der Waals surface area contributed by atoms with E-state index in [1.54, 1.807) is 0 Å². The van der Waals surface area contributed by atoms with Crippen molar-refractivity contribution in [1.29, 1.82) is 0 Å². The molecule has 0 aliphatic carbocycles. The number of aryl methyl sites for hydroxylation is 1. The summed E-state index contributed by atoms with van der Waals surface area (Å²) in [7, 11) is 0. The van der Waals surface area contributed by atoms with Gasteiger partial charge in [-0.15, -0.1) is 0 Å². The van der Waals surface area contributed by atoms with Gasteiger partial charge in [-0.3, -0.25) is 14.5 Å². The van der Waals surface area contributed by atoms with E-state index in [2.05, 4.69) is 22.2 Å². The second-order valence-corrected chi connectivity index (χ2v) is 7.22. The first-order valence-corrected chi connectivity index (χ1v) is 10.1. The first kappa shape index (κ1) is 19.7. The van der Waals surface area contributed by atoms with Gasteiger partial charge in [-0.1, -0.05) is 0 Å². The number of aliphatic imine (C=N–C) groups is 1. The quantitative estimate of drug-likeness (QED) is 0.606. The van der Waals surface area contributed by atoms with Gasteiger partial charge in [0, 0.05) is 44.8 Å². The van der Waals surface area contributed by atoms with Gasteiger partial charge in [-0.2, -0.15) is 5.10 Å². The lowest BCUT2D eigenvalue weighted by atomic mass is 9.95. The van der Waals surface area contributed by atoms with Gasteiger partial charge in [0.1, 0.15) is 0 Å². The maximum Gasteiger partial charge on any atom is 0.225 e. The van der Waals surface area contributed by atoms with Gasteiger partial charge in [0.15, 0.2) is 5.96 Å². The van der Waals surface area contributed by atoms with Gasteiger partial charge >= 0.3 is 0 Å². The van der Waals surface area contributed by atoms with E-state index < -0.39 is 0 Å². The summed E-state index contributed by atoms with van der Waals surface area (Å²) in [6.45, 7) is 11.0. The van der Waals surface area contributed by atoms with Crippen LogP contribution in [0.1, 0.15) is 25.3 Å². The average molecular weight is 377 g/mol. The first-order chi connectivity index (χ1) is 13.2. The van der Waals surface area contributed by atoms with E-state index in [-0.39, 0.29) is 5.92 Å². The standard InChI is InChI=1S/C19H32N6O2/c1-3-20-19(21-6-9-25-15-16(2)14-22-25)24-7-4-17(5-8-24)18(26)23-10-12-27-13-11-23/h14-15,17H,3-13H2,1-2H3,(H,20,21). The summed E-state index contributed by atoms with van der Waals surface area (Å²) in [5, 5.41) is 7.69. The molecule has 8 heteroatoms. The zero-order valence-electron chi connectivity index (χ0n) is 16.6. The fourth-order valence-electron chi connectivity index (χ4n) is 3.65. The number of piperidine rings is 1. The summed E-state index contributed by atoms with van der Waals surface area (Å²) < 4.78 is 7.28. The maximum absolute atomic E-state index is 12.7. The van der Waals surface area contributed by atoms with Crippen molar-refractivity contribution in [2.45, 2.75) is 33.2 Å². The Bertz CT molecular complexity index is 630. The van der Waals surface area contributed by atoms with E-state index in [9.17, 15) is 4.79 Å². The van der Waals surface area contributed by atoms with Crippen LogP contribution in [0.3, 0.4) is 0 Å². The summed E-state index contributed by atoms with van der Waals surface area (Å²) >= 11 is 0. The number of guanidine groups is 1. The van der Waals surface area contributed by atoms with Crippen molar-refractivity contribution in [1.82, 2.24) is 24.9 Å². The summed E-state index contributed by atoms with van der Waals surface area (Å²) in [4.78, 5) is 21.7. The Balaban J connectivity index is 1.50. The molecule has 0 bridgehead atoms. The third-order valence-electron chi connectivity index (χ3n) is 5.15. The Hall–Kier alpha value is -2.09. The van der Waals surface area contributed by atoms with Crippen LogP contribution in [0.5, 0.6) is 0 Å². The van der Waals surface area contributed by atoms with Crippen molar-refractivity contribution < 1.29 is 9.53 Å². The Kier molecular flexibility index (Phi) is 7.09. The summed E-state index contributed by atoms with van der Waals surface area (Å²) in [6, 6.07) is 0. The summed E-state index contributed by atoms with van der Waals surface area (Å²) in [5.41, 5.74) is 1.16. The van der Waals surface area contributed by atoms with Crippen molar-refractivity contribution in [2.24, 2.45) is 10.9 Å². The van der Waals surface area contributed by atoms with Gasteiger partial charge in [-0.25, -0.2) is 0 Å². The number of hydrogen-bond donors (Lipinski definition) is 1. The molecule has 2 aliphatic rings. The Morgan fingerprint density at radius 1 is 1.26 bits per heavy atom. The second-order valence-electron chi connectivity index (χ2n) is 7.22. The van der Waals surface area contributed by atoms with E-state index >= 15 is 0 Å². The first-order valence-electron chi connectivity index (χ1n) is 10.1. The smallest absolute Gasteiger partial charge is 0.225 e. The highest BCUT2D eigenvalue weighted by Crippen LogP contribution is 2.20. The molecular formula is C19H32N6O2. The molecule has 2 aliphatic heterocycles. The fourth-order valence-corrected chi connectivity index (χ4v) is 3.65. The number of carbonyl (C=O) groups excluding carboxylic acids is 1. The number of rotatable bonds is 5. The predicted octanol–water partition coefficient (Wildman–Crippen LogP) is 0.728. The fraction of sp³-hybridized carbons (Fsp3) is 0.737. The van der Waals surface area contributed by atoms with Crippen LogP contribution in [0.25, 0.3) is 0 Å². The van der Waals surface area contributed by atoms with E-state index in [0.717, 1.165) is 63.6 Å². The van der Waals surface area contributed by atoms with Gasteiger partial charge in [-0.05, 0) is 32.3 Å². The highest BCUT2D eigenvalue weighted by molar-refractivity contribution is 5.81. The van der Waals surface area contributed by atoms with Crippen LogP contribution in [-0.4, -0.2) is 83.9 Å². The van der Waals surface area contributed by atoms with Gasteiger partial charge in [0.05, 0.1) is 32.5 Å². The van der Waals surface area contributed by atoms with E-state index in [0.29, 0.717) is 25.7 Å². The Labute approximate surface area is 161 Å². The average Bonchev–Trinajstić information content (AvgIpc) is 3.13. The molecule has 1 aromatic heterocycles. The molecule has 27 heavy (non-hydrogen) atoms. The van der Waals surface area contributed by atoms with Crippen molar-refractivity contribution in [2.75, 3.05) is 52.5 Å². The van der Waals surface area contributed by atoms with Crippen molar-refractivity contribution >= 4 is 11.9 Å². The van der Waals surface area contributed by atoms with E-state index in [1.807, 2.05) is 28.9 Å². The molecule has 0 atom stereocenters. The largest absolute Gasteiger partial charge is 0.378 e. The molecule has 3 rings (SSSR count). The summed E-state index contributed by atoms with van der Waals surface area (Å²) in [5.74, 6) is 1.38. The molecular weight excluding hydrogens is 344 g/mol. The van der Waals surface area contributed by atoms with Crippen LogP contribution in [0.15, 0.2) is 17.4 Å². The van der Waals surface area contributed by atoms with Crippen LogP contribution < -0.4 is 5.32 Å². The molecule has 1 aromatic rings. The van der Waals surface area contributed by atoms with Gasteiger partial charge < -0.3 is 19.9 Å². The number of hydrogen-bond acceptors (Lipinski definition) is 4. The van der Waals surface area contributed by atoms with Crippen molar-refractivity contribution in [3.05, 3.63) is 18.0 Å². The van der Waals surface area contributed by atoms with Gasteiger partial charge in [0.25, 0.3) is 0 Å². The predicted molar refractivity (Wildman–Crippen MR) is 105 cm³/mol. The zero-order valence-corrected chi connectivity index (χ0v) is 16.6. The number of nitrogens with one attached hydrogen (secondary N) is 1. The molecule has 8 nitrogen and oxygen atoms in total. The molecule has 0 unspecified atom stereocenters. The monoisotopic (exact) mass is 376 g/mol. The molecule has 0 spiro atoms. The topological polar surface area (TPSA) is 75.0 Å². The molecule has 2 saturated heterocycles. The Morgan fingerprint density at radius 3 is 2.63 bits per heavy atom. The molecule has 0 aromatic carbocycles. The van der Waals surface area contributed by atoms with Crippen LogP contribution in [0.4, 0.5) is 0 Å². The van der Waals surface area contributed by atoms with Crippen LogP contribution >= 0.6 is 0 Å². The second kappa shape index (κ2) is 9.73. The number of morpholine rings is 1. The van der Waals surface area contributed by atoms with Crippen molar-refractivity contribution in [3.8, 4) is 0 Å². The third-order valence-corrected chi connectivity index (χ3v) is 5.15. The van der Waals surface area contributed by atoms with Crippen LogP contribution in [0, 0.1) is 12.8 Å². The number of ether oxygens (including phenoxy) is 1. The minimum atomic E-state index is 0.134. The third kappa shape index (κ3) is 5.45. The maximum atomic E-state index is 12.7. The zero-order chi connectivity index (χ0) is 19.1. The summed E-state index contributed by atoms with van der Waals surface area (Å²) in [6.07, 6.45) is 5.67. The molecule has 0 saturated carbocycles. The lowest BCUT2D eigenvalue weighted by molar-refractivity contribution is -0.140. The molecule has 1 amide bonds. The molecule has 0 radical (unpaired) electrons. The number of aromatic nitrogens is 2. The molecule has 3 heterocycles. The molecule has 2 fully saturated rings. The van der Waals surface area contributed by atoms with Crippen molar-refractivity contribution in [3.63, 3.8) is 0 Å². The number of likely N-dealkylation sites (tertiary alicyclic amines) is 1. The highest BCUT2D eigenvalue weighted by Gasteiger charge is 2.30. The van der Waals surface area contributed by atoms with Crippen LogP contribution in [-0.2, 0) is 16.1 Å². The lowest BCUT2D eigenvalue weighted by Gasteiger charge is -2.36. The highest BCUT2D eigenvalue weighted by atomic mass is 16.5. The lowest BCUT2D eigenvalue weighted by Crippen LogP contribution is -2.50. The van der Waals surface area contributed by atoms with E-state index in [4.69, 9.17) is 9.73 Å². The van der Waals surface area contributed by atoms with E-state index in [1.165, 1.54) is 0 Å². The molecule has 150 valence electrons. The normalized spacial score (nSPS) is 19.4. The minimum absolute atomic E-state index is 0.134. The SMILES string of the molecule is CCNC(=NCCn1cc(C)cn1)N1CCC(C(=O)N2CCOCC2)CC1. The number of carbonyl (C=O) groups is 1. The minimum Gasteiger partial charge on any atom is -0.378 e. The Morgan fingerprint density at radius 2 is 2.00 bits per heavy atom. The molecule has 1 N–H and O–H groups in total. The van der Waals surface area contributed by atoms with Crippen LogP contribution in [0.2, 0.25) is 0 Å².